The fourth-order valence-electron chi connectivity index (χ4n) is 2.83. The molecule has 1 aromatic carbocycles. The second-order valence-corrected chi connectivity index (χ2v) is 5.28. The summed E-state index contributed by atoms with van der Waals surface area (Å²) in [5.74, 6) is 0.730. The number of nitrogens with zero attached hydrogens (tertiary/aromatic N) is 1. The van der Waals surface area contributed by atoms with Crippen LogP contribution >= 0.6 is 0 Å². The van der Waals surface area contributed by atoms with E-state index in [9.17, 15) is 0 Å². The minimum atomic E-state index is 0.730. The molecule has 2 rings (SSSR count). The first-order valence-corrected chi connectivity index (χ1v) is 7.35. The van der Waals surface area contributed by atoms with E-state index >= 15 is 0 Å². The molecular formula is C16H26N2. The van der Waals surface area contributed by atoms with Crippen LogP contribution in [-0.4, -0.2) is 31.1 Å². The molecule has 0 aromatic heterocycles. The van der Waals surface area contributed by atoms with Crippen LogP contribution < -0.4 is 5.32 Å². The predicted molar refractivity (Wildman–Crippen MR) is 77.9 cm³/mol. The Bertz CT molecular complexity index is 352. The van der Waals surface area contributed by atoms with Gasteiger partial charge in [-0.3, -0.25) is 4.90 Å². The molecule has 1 aliphatic rings. The molecule has 0 spiro atoms. The zero-order valence-electron chi connectivity index (χ0n) is 11.8. The van der Waals surface area contributed by atoms with Crippen molar-refractivity contribution in [2.24, 2.45) is 0 Å². The van der Waals surface area contributed by atoms with E-state index < -0.39 is 0 Å². The number of hydrogen-bond donors (Lipinski definition) is 1. The Morgan fingerprint density at radius 3 is 2.56 bits per heavy atom. The molecule has 2 nitrogen and oxygen atoms in total. The Balaban J connectivity index is 2.01. The third-order valence-electron chi connectivity index (χ3n) is 4.02. The minimum absolute atomic E-state index is 0.730. The lowest BCUT2D eigenvalue weighted by atomic mass is 9.93. The van der Waals surface area contributed by atoms with E-state index in [0.717, 1.165) is 25.6 Å². The number of hydrogen-bond acceptors (Lipinski definition) is 2. The molecule has 1 N–H and O–H groups in total. The first kappa shape index (κ1) is 13.6. The van der Waals surface area contributed by atoms with Gasteiger partial charge in [-0.2, -0.15) is 0 Å². The van der Waals surface area contributed by atoms with Gasteiger partial charge in [0.2, 0.25) is 0 Å². The predicted octanol–water partition coefficient (Wildman–Crippen LogP) is 3.00. The zero-order chi connectivity index (χ0) is 12.8. The Kier molecular flexibility index (Phi) is 5.21. The summed E-state index contributed by atoms with van der Waals surface area (Å²) in [4.78, 5) is 2.54. The standard InChI is InChI=1S/C16H26N2/c1-3-15(4-2)16-7-5-6-14(12-16)13-18-10-8-17-9-11-18/h5-7,12,15,17H,3-4,8-11,13H2,1-2H3. The summed E-state index contributed by atoms with van der Waals surface area (Å²) in [6.45, 7) is 10.3. The van der Waals surface area contributed by atoms with Crippen molar-refractivity contribution in [3.8, 4) is 0 Å². The van der Waals surface area contributed by atoms with E-state index in [1.165, 1.54) is 37.1 Å². The van der Waals surface area contributed by atoms with Gasteiger partial charge in [0.15, 0.2) is 0 Å². The van der Waals surface area contributed by atoms with Gasteiger partial charge >= 0.3 is 0 Å². The van der Waals surface area contributed by atoms with Crippen molar-refractivity contribution in [3.63, 3.8) is 0 Å². The van der Waals surface area contributed by atoms with Crippen LogP contribution in [0.15, 0.2) is 24.3 Å². The Morgan fingerprint density at radius 2 is 1.89 bits per heavy atom. The minimum Gasteiger partial charge on any atom is -0.314 e. The van der Waals surface area contributed by atoms with Crippen molar-refractivity contribution in [2.45, 2.75) is 39.2 Å². The normalized spacial score (nSPS) is 17.3. The molecule has 0 saturated carbocycles. The highest BCUT2D eigenvalue weighted by Gasteiger charge is 2.11. The summed E-state index contributed by atoms with van der Waals surface area (Å²) in [6.07, 6.45) is 2.49. The molecule has 100 valence electrons. The van der Waals surface area contributed by atoms with Gasteiger partial charge in [0.1, 0.15) is 0 Å². The van der Waals surface area contributed by atoms with Crippen molar-refractivity contribution >= 4 is 0 Å². The van der Waals surface area contributed by atoms with Crippen LogP contribution in [0, 0.1) is 0 Å². The maximum atomic E-state index is 3.41. The highest BCUT2D eigenvalue weighted by Crippen LogP contribution is 2.24. The van der Waals surface area contributed by atoms with Crippen LogP contribution in [-0.2, 0) is 6.54 Å². The van der Waals surface area contributed by atoms with Crippen LogP contribution in [0.1, 0.15) is 43.7 Å². The van der Waals surface area contributed by atoms with E-state index in [4.69, 9.17) is 0 Å². The van der Waals surface area contributed by atoms with E-state index in [0.29, 0.717) is 0 Å². The van der Waals surface area contributed by atoms with E-state index in [2.05, 4.69) is 48.3 Å². The van der Waals surface area contributed by atoms with Crippen LogP contribution in [0.4, 0.5) is 0 Å². The highest BCUT2D eigenvalue weighted by molar-refractivity contribution is 5.26. The topological polar surface area (TPSA) is 15.3 Å². The average Bonchev–Trinajstić information content (AvgIpc) is 2.42. The van der Waals surface area contributed by atoms with Gasteiger partial charge in [-0.1, -0.05) is 38.1 Å². The number of rotatable bonds is 5. The molecular weight excluding hydrogens is 220 g/mol. The molecule has 1 aliphatic heterocycles. The van der Waals surface area contributed by atoms with Gasteiger partial charge in [0.25, 0.3) is 0 Å². The van der Waals surface area contributed by atoms with Gasteiger partial charge < -0.3 is 5.32 Å². The zero-order valence-corrected chi connectivity index (χ0v) is 11.8. The average molecular weight is 246 g/mol. The molecule has 0 radical (unpaired) electrons. The Labute approximate surface area is 111 Å². The largest absolute Gasteiger partial charge is 0.314 e. The summed E-state index contributed by atoms with van der Waals surface area (Å²) < 4.78 is 0. The summed E-state index contributed by atoms with van der Waals surface area (Å²) in [5.41, 5.74) is 2.99. The maximum Gasteiger partial charge on any atom is 0.0234 e. The van der Waals surface area contributed by atoms with Crippen LogP contribution in [0.5, 0.6) is 0 Å². The van der Waals surface area contributed by atoms with E-state index in [1.807, 2.05) is 0 Å². The Morgan fingerprint density at radius 1 is 1.17 bits per heavy atom. The van der Waals surface area contributed by atoms with Crippen LogP contribution in [0.25, 0.3) is 0 Å². The molecule has 0 amide bonds. The fraction of sp³-hybridized carbons (Fsp3) is 0.625. The lowest BCUT2D eigenvalue weighted by Gasteiger charge is -2.27. The van der Waals surface area contributed by atoms with Crippen molar-refractivity contribution in [2.75, 3.05) is 26.2 Å². The summed E-state index contributed by atoms with van der Waals surface area (Å²) in [6, 6.07) is 9.21. The molecule has 0 aliphatic carbocycles. The van der Waals surface area contributed by atoms with Crippen molar-refractivity contribution < 1.29 is 0 Å². The second kappa shape index (κ2) is 6.91. The van der Waals surface area contributed by atoms with E-state index in [1.54, 1.807) is 0 Å². The molecule has 0 unspecified atom stereocenters. The van der Waals surface area contributed by atoms with Crippen molar-refractivity contribution in [3.05, 3.63) is 35.4 Å². The SMILES string of the molecule is CCC(CC)c1cccc(CN2CCNCC2)c1. The van der Waals surface area contributed by atoms with Gasteiger partial charge in [0, 0.05) is 32.7 Å². The lowest BCUT2D eigenvalue weighted by molar-refractivity contribution is 0.233. The Hall–Kier alpha value is -0.860. The molecule has 1 aromatic rings. The molecule has 0 atom stereocenters. The van der Waals surface area contributed by atoms with Gasteiger partial charge in [0.05, 0.1) is 0 Å². The molecule has 1 saturated heterocycles. The molecule has 1 fully saturated rings. The molecule has 0 bridgehead atoms. The quantitative estimate of drug-likeness (QED) is 0.859. The third kappa shape index (κ3) is 3.56. The van der Waals surface area contributed by atoms with E-state index in [-0.39, 0.29) is 0 Å². The van der Waals surface area contributed by atoms with Gasteiger partial charge in [-0.05, 0) is 29.9 Å². The number of piperazine rings is 1. The molecule has 18 heavy (non-hydrogen) atoms. The highest BCUT2D eigenvalue weighted by atomic mass is 15.2. The monoisotopic (exact) mass is 246 g/mol. The van der Waals surface area contributed by atoms with Gasteiger partial charge in [-0.25, -0.2) is 0 Å². The van der Waals surface area contributed by atoms with Crippen molar-refractivity contribution in [1.82, 2.24) is 10.2 Å². The first-order chi connectivity index (χ1) is 8.83. The maximum absolute atomic E-state index is 3.41. The fourth-order valence-corrected chi connectivity index (χ4v) is 2.83. The number of nitrogens with one attached hydrogen (secondary N) is 1. The number of benzene rings is 1. The summed E-state index contributed by atoms with van der Waals surface area (Å²) in [7, 11) is 0. The lowest BCUT2D eigenvalue weighted by Crippen LogP contribution is -2.42. The first-order valence-electron chi connectivity index (χ1n) is 7.35. The summed E-state index contributed by atoms with van der Waals surface area (Å²) >= 11 is 0. The van der Waals surface area contributed by atoms with Crippen molar-refractivity contribution in [1.29, 1.82) is 0 Å². The molecule has 1 heterocycles. The third-order valence-corrected chi connectivity index (χ3v) is 4.02. The molecule has 2 heteroatoms. The van der Waals surface area contributed by atoms with Gasteiger partial charge in [-0.15, -0.1) is 0 Å². The van der Waals surface area contributed by atoms with Crippen LogP contribution in [0.2, 0.25) is 0 Å². The smallest absolute Gasteiger partial charge is 0.0234 e. The summed E-state index contributed by atoms with van der Waals surface area (Å²) in [5, 5.41) is 3.41. The van der Waals surface area contributed by atoms with Crippen LogP contribution in [0.3, 0.4) is 0 Å². The second-order valence-electron chi connectivity index (χ2n) is 5.28.